The average molecular weight is 262 g/mol. The minimum Gasteiger partial charge on any atom is -0.465 e. The summed E-state index contributed by atoms with van der Waals surface area (Å²) in [6.45, 7) is 1.93. The maximum atomic E-state index is 11.7. The van der Waals surface area contributed by atoms with Gasteiger partial charge in [-0.3, -0.25) is 4.40 Å². The van der Waals surface area contributed by atoms with E-state index in [1.54, 1.807) is 6.33 Å². The van der Waals surface area contributed by atoms with Crippen LogP contribution in [-0.4, -0.2) is 27.7 Å². The van der Waals surface area contributed by atoms with Crippen molar-refractivity contribution in [3.8, 4) is 0 Å². The Morgan fingerprint density at radius 2 is 2.33 bits per heavy atom. The molecular formula is C11H10N4O2S. The van der Waals surface area contributed by atoms with Crippen LogP contribution in [0.4, 0.5) is 5.69 Å². The highest BCUT2D eigenvalue weighted by molar-refractivity contribution is 7.21. The van der Waals surface area contributed by atoms with E-state index in [9.17, 15) is 4.79 Å². The zero-order chi connectivity index (χ0) is 12.9. The second-order valence-corrected chi connectivity index (χ2v) is 4.90. The minimum atomic E-state index is -0.422. The molecule has 0 aliphatic carbocycles. The van der Waals surface area contributed by atoms with E-state index in [2.05, 4.69) is 10.2 Å². The lowest BCUT2D eigenvalue weighted by Gasteiger charge is -2.00. The predicted octanol–water partition coefficient (Wildman–Crippen LogP) is 1.62. The minimum absolute atomic E-state index is 0.414. The molecule has 0 saturated heterocycles. The summed E-state index contributed by atoms with van der Waals surface area (Å²) in [6.07, 6.45) is 1.61. The fourth-order valence-electron chi connectivity index (χ4n) is 1.99. The van der Waals surface area contributed by atoms with E-state index in [-0.39, 0.29) is 0 Å². The molecule has 0 saturated carbocycles. The lowest BCUT2D eigenvalue weighted by molar-refractivity contribution is 0.0607. The number of ether oxygens (including phenoxy) is 1. The summed E-state index contributed by atoms with van der Waals surface area (Å²) in [5.74, 6) is -0.422. The van der Waals surface area contributed by atoms with Crippen LogP contribution >= 0.6 is 11.3 Å². The number of fused-ring (bicyclic) bond motifs is 3. The molecule has 0 spiro atoms. The Bertz CT molecular complexity index is 774. The quantitative estimate of drug-likeness (QED) is 0.674. The lowest BCUT2D eigenvalue weighted by atomic mass is 10.1. The molecule has 0 amide bonds. The first kappa shape index (κ1) is 11.0. The molecule has 3 rings (SSSR count). The Balaban J connectivity index is 2.48. The van der Waals surface area contributed by atoms with Gasteiger partial charge >= 0.3 is 5.97 Å². The van der Waals surface area contributed by atoms with E-state index in [0.717, 1.165) is 21.4 Å². The molecule has 0 aliphatic rings. The van der Waals surface area contributed by atoms with Gasteiger partial charge in [0.1, 0.15) is 16.0 Å². The summed E-state index contributed by atoms with van der Waals surface area (Å²) in [7, 11) is 1.34. The predicted molar refractivity (Wildman–Crippen MR) is 68.9 cm³/mol. The van der Waals surface area contributed by atoms with Gasteiger partial charge in [-0.15, -0.1) is 21.5 Å². The van der Waals surface area contributed by atoms with E-state index in [4.69, 9.17) is 10.5 Å². The van der Waals surface area contributed by atoms with Gasteiger partial charge in [0, 0.05) is 5.39 Å². The van der Waals surface area contributed by atoms with Gasteiger partial charge < -0.3 is 10.5 Å². The van der Waals surface area contributed by atoms with Gasteiger partial charge in [-0.1, -0.05) is 0 Å². The number of aryl methyl sites for hydroxylation is 1. The number of carbonyl (C=O) groups excluding carboxylic acids is 1. The highest BCUT2D eigenvalue weighted by atomic mass is 32.1. The van der Waals surface area contributed by atoms with Crippen molar-refractivity contribution >= 4 is 38.9 Å². The fraction of sp³-hybridized carbons (Fsp3) is 0.182. The Morgan fingerprint density at radius 1 is 1.56 bits per heavy atom. The average Bonchev–Trinajstić information content (AvgIpc) is 2.93. The summed E-state index contributed by atoms with van der Waals surface area (Å²) in [5.41, 5.74) is 8.19. The number of carbonyl (C=O) groups is 1. The van der Waals surface area contributed by atoms with Gasteiger partial charge in [0.2, 0.25) is 0 Å². The van der Waals surface area contributed by atoms with Crippen LogP contribution in [0.5, 0.6) is 0 Å². The van der Waals surface area contributed by atoms with Crippen molar-refractivity contribution in [2.24, 2.45) is 0 Å². The Kier molecular flexibility index (Phi) is 2.24. The summed E-state index contributed by atoms with van der Waals surface area (Å²) in [6, 6.07) is 1.89. The Labute approximate surface area is 106 Å². The van der Waals surface area contributed by atoms with Crippen molar-refractivity contribution in [1.29, 1.82) is 0 Å². The van der Waals surface area contributed by atoms with Gasteiger partial charge in [-0.25, -0.2) is 4.79 Å². The SMILES string of the molecule is COC(=O)c1sc2c(c(C)cc3nncn32)c1N. The molecule has 0 unspecified atom stereocenters. The van der Waals surface area contributed by atoms with Crippen molar-refractivity contribution in [2.75, 3.05) is 12.8 Å². The van der Waals surface area contributed by atoms with Gasteiger partial charge in [0.25, 0.3) is 0 Å². The number of nitrogen functional groups attached to an aromatic ring is 1. The van der Waals surface area contributed by atoms with E-state index in [1.807, 2.05) is 17.4 Å². The number of thiophene rings is 1. The number of hydrogen-bond acceptors (Lipinski definition) is 6. The summed E-state index contributed by atoms with van der Waals surface area (Å²) in [5, 5.41) is 8.71. The van der Waals surface area contributed by atoms with Crippen LogP contribution in [0.1, 0.15) is 15.2 Å². The molecule has 0 atom stereocenters. The molecular weight excluding hydrogens is 252 g/mol. The molecule has 6 nitrogen and oxygen atoms in total. The number of nitrogens with two attached hydrogens (primary N) is 1. The number of nitrogens with zero attached hydrogens (tertiary/aromatic N) is 3. The summed E-state index contributed by atoms with van der Waals surface area (Å²) < 4.78 is 6.55. The Hall–Kier alpha value is -2.15. The third-order valence-electron chi connectivity index (χ3n) is 2.83. The van der Waals surface area contributed by atoms with E-state index < -0.39 is 5.97 Å². The van der Waals surface area contributed by atoms with Gasteiger partial charge in [0.05, 0.1) is 12.8 Å². The van der Waals surface area contributed by atoms with E-state index >= 15 is 0 Å². The Morgan fingerprint density at radius 3 is 3.06 bits per heavy atom. The third kappa shape index (κ3) is 1.31. The highest BCUT2D eigenvalue weighted by Crippen LogP contribution is 2.36. The van der Waals surface area contributed by atoms with Crippen LogP contribution in [0.15, 0.2) is 12.4 Å². The van der Waals surface area contributed by atoms with Gasteiger partial charge in [0.15, 0.2) is 5.65 Å². The van der Waals surface area contributed by atoms with Gasteiger partial charge in [-0.2, -0.15) is 0 Å². The first-order valence-corrected chi connectivity index (χ1v) is 6.04. The molecule has 18 heavy (non-hydrogen) atoms. The van der Waals surface area contributed by atoms with Gasteiger partial charge in [-0.05, 0) is 18.6 Å². The second-order valence-electron chi connectivity index (χ2n) is 3.90. The number of esters is 1. The third-order valence-corrected chi connectivity index (χ3v) is 4.02. The van der Waals surface area contributed by atoms with Crippen molar-refractivity contribution in [3.05, 3.63) is 22.8 Å². The topological polar surface area (TPSA) is 82.5 Å². The number of rotatable bonds is 1. The van der Waals surface area contributed by atoms with Crippen molar-refractivity contribution < 1.29 is 9.53 Å². The molecule has 0 bridgehead atoms. The maximum Gasteiger partial charge on any atom is 0.350 e. The van der Waals surface area contributed by atoms with E-state index in [0.29, 0.717) is 10.6 Å². The molecule has 0 fully saturated rings. The fourth-order valence-corrected chi connectivity index (χ4v) is 3.18. The molecule has 7 heteroatoms. The molecule has 3 aromatic heterocycles. The monoisotopic (exact) mass is 262 g/mol. The molecule has 0 aliphatic heterocycles. The zero-order valence-electron chi connectivity index (χ0n) is 9.80. The molecule has 0 aromatic carbocycles. The summed E-state index contributed by atoms with van der Waals surface area (Å²) in [4.78, 5) is 12.9. The van der Waals surface area contributed by atoms with Crippen LogP contribution in [0.2, 0.25) is 0 Å². The summed E-state index contributed by atoms with van der Waals surface area (Å²) >= 11 is 1.29. The maximum absolute atomic E-state index is 11.7. The van der Waals surface area contributed by atoms with Crippen molar-refractivity contribution in [1.82, 2.24) is 14.6 Å². The van der Waals surface area contributed by atoms with Crippen molar-refractivity contribution in [3.63, 3.8) is 0 Å². The highest BCUT2D eigenvalue weighted by Gasteiger charge is 2.20. The molecule has 92 valence electrons. The van der Waals surface area contributed by atoms with Crippen LogP contribution in [0.3, 0.4) is 0 Å². The molecule has 3 heterocycles. The number of methoxy groups -OCH3 is 1. The first-order chi connectivity index (χ1) is 8.63. The molecule has 3 aromatic rings. The van der Waals surface area contributed by atoms with Crippen LogP contribution in [0, 0.1) is 6.92 Å². The largest absolute Gasteiger partial charge is 0.465 e. The number of pyridine rings is 1. The first-order valence-electron chi connectivity index (χ1n) is 5.23. The van der Waals surface area contributed by atoms with E-state index in [1.165, 1.54) is 18.4 Å². The molecule has 0 radical (unpaired) electrons. The standard InChI is InChI=1S/C11H10N4O2S/c1-5-3-6-14-13-4-15(6)10-7(5)8(12)9(18-10)11(16)17-2/h3-4H,12H2,1-2H3. The number of hydrogen-bond donors (Lipinski definition) is 1. The number of anilines is 1. The molecule has 2 N–H and O–H groups in total. The van der Waals surface area contributed by atoms with Crippen LogP contribution in [0.25, 0.3) is 15.9 Å². The number of aromatic nitrogens is 3. The lowest BCUT2D eigenvalue weighted by Crippen LogP contribution is -2.01. The normalized spacial score (nSPS) is 11.2. The van der Waals surface area contributed by atoms with Crippen LogP contribution < -0.4 is 5.73 Å². The van der Waals surface area contributed by atoms with Crippen molar-refractivity contribution in [2.45, 2.75) is 6.92 Å². The second kappa shape index (κ2) is 3.67. The zero-order valence-corrected chi connectivity index (χ0v) is 10.6. The smallest absolute Gasteiger partial charge is 0.350 e. The van der Waals surface area contributed by atoms with Crippen LogP contribution in [-0.2, 0) is 4.74 Å².